The molecule has 2 aromatic heterocycles. The molecule has 2 amide bonds. The number of anilines is 1. The fourth-order valence-electron chi connectivity index (χ4n) is 2.37. The summed E-state index contributed by atoms with van der Waals surface area (Å²) in [5.74, 6) is 1.29. The van der Waals surface area contributed by atoms with Crippen molar-refractivity contribution in [2.24, 2.45) is 7.05 Å². The molecule has 3 N–H and O–H groups in total. The van der Waals surface area contributed by atoms with E-state index in [4.69, 9.17) is 4.42 Å². The number of carbonyl (C=O) groups is 1. The lowest BCUT2D eigenvalue weighted by atomic mass is 9.96. The normalized spacial score (nSPS) is 13.4. The molecule has 7 nitrogen and oxygen atoms in total. The van der Waals surface area contributed by atoms with Gasteiger partial charge in [0.2, 0.25) is 0 Å². The molecule has 2 heterocycles. The molecular weight excluding hydrogens is 298 g/mol. The fraction of sp³-hybridized carbons (Fsp3) is 0.375. The molecule has 7 heteroatoms. The number of pyridine rings is 1. The topological polar surface area (TPSA) is 96.5 Å². The number of rotatable bonds is 4. The van der Waals surface area contributed by atoms with Crippen molar-refractivity contribution >= 4 is 11.7 Å². The van der Waals surface area contributed by atoms with E-state index in [-0.39, 0.29) is 17.8 Å². The highest BCUT2D eigenvalue weighted by atomic mass is 16.3. The number of hydrogen-bond acceptors (Lipinski definition) is 4. The van der Waals surface area contributed by atoms with E-state index in [1.165, 1.54) is 10.6 Å². The molecule has 0 saturated carbocycles. The summed E-state index contributed by atoms with van der Waals surface area (Å²) in [7, 11) is 1.60. The molecule has 0 aliphatic heterocycles. The Morgan fingerprint density at radius 1 is 1.43 bits per heavy atom. The maximum absolute atomic E-state index is 11.9. The van der Waals surface area contributed by atoms with E-state index in [0.29, 0.717) is 17.1 Å². The summed E-state index contributed by atoms with van der Waals surface area (Å²) >= 11 is 0. The Kier molecular flexibility index (Phi) is 4.60. The van der Waals surface area contributed by atoms with Gasteiger partial charge in [0.1, 0.15) is 22.8 Å². The van der Waals surface area contributed by atoms with Crippen LogP contribution in [0.25, 0.3) is 0 Å². The Bertz CT molecular complexity index is 774. The van der Waals surface area contributed by atoms with Crippen LogP contribution >= 0.6 is 0 Å². The molecule has 23 heavy (non-hydrogen) atoms. The van der Waals surface area contributed by atoms with E-state index < -0.39 is 11.6 Å². The van der Waals surface area contributed by atoms with E-state index in [0.717, 1.165) is 0 Å². The largest absolute Gasteiger partial charge is 0.466 e. The molecule has 0 saturated heterocycles. The maximum atomic E-state index is 11.9. The Labute approximate surface area is 133 Å². The van der Waals surface area contributed by atoms with Crippen LogP contribution in [-0.4, -0.2) is 22.2 Å². The summed E-state index contributed by atoms with van der Waals surface area (Å²) in [4.78, 5) is 23.8. The third-order valence-corrected chi connectivity index (χ3v) is 3.59. The number of nitrogens with zero attached hydrogens (tertiary/aromatic N) is 1. The van der Waals surface area contributed by atoms with Crippen molar-refractivity contribution in [1.82, 2.24) is 9.88 Å². The van der Waals surface area contributed by atoms with Crippen LogP contribution in [0.5, 0.6) is 0 Å². The van der Waals surface area contributed by atoms with Crippen LogP contribution in [-0.2, 0) is 12.6 Å². The lowest BCUT2D eigenvalue weighted by Crippen LogP contribution is -2.41. The van der Waals surface area contributed by atoms with Gasteiger partial charge in [-0.05, 0) is 39.0 Å². The van der Waals surface area contributed by atoms with Crippen molar-refractivity contribution in [2.75, 3.05) is 11.9 Å². The molecule has 0 aromatic carbocycles. The predicted octanol–water partition coefficient (Wildman–Crippen LogP) is 1.62. The number of aromatic nitrogens is 1. The van der Waals surface area contributed by atoms with Gasteiger partial charge in [0.05, 0.1) is 6.54 Å². The van der Waals surface area contributed by atoms with E-state index in [1.807, 2.05) is 0 Å². The zero-order valence-corrected chi connectivity index (χ0v) is 13.6. The molecule has 2 rings (SSSR count). The van der Waals surface area contributed by atoms with Gasteiger partial charge in [0, 0.05) is 18.8 Å². The average Bonchev–Trinajstić information content (AvgIpc) is 2.82. The second kappa shape index (κ2) is 6.29. The lowest BCUT2D eigenvalue weighted by Gasteiger charge is -2.23. The second-order valence-corrected chi connectivity index (χ2v) is 5.75. The van der Waals surface area contributed by atoms with Crippen LogP contribution in [0.1, 0.15) is 24.0 Å². The van der Waals surface area contributed by atoms with Gasteiger partial charge < -0.3 is 24.7 Å². The zero-order chi connectivity index (χ0) is 17.2. The monoisotopic (exact) mass is 319 g/mol. The number of aliphatic hydroxyl groups is 1. The van der Waals surface area contributed by atoms with E-state index in [1.54, 1.807) is 46.1 Å². The van der Waals surface area contributed by atoms with Crippen LogP contribution in [0.15, 0.2) is 33.6 Å². The van der Waals surface area contributed by atoms with Gasteiger partial charge in [-0.2, -0.15) is 0 Å². The highest BCUT2D eigenvalue weighted by Gasteiger charge is 2.28. The minimum Gasteiger partial charge on any atom is -0.466 e. The first-order chi connectivity index (χ1) is 10.7. The van der Waals surface area contributed by atoms with Crippen LogP contribution in [0, 0.1) is 13.8 Å². The van der Waals surface area contributed by atoms with Gasteiger partial charge in [-0.1, -0.05) is 0 Å². The SMILES string of the molecule is Cc1cc(C(C)(O)CNC(=O)Nc2cccn(C)c2=O)c(C)o1. The quantitative estimate of drug-likeness (QED) is 0.798. The molecule has 0 spiro atoms. The Morgan fingerprint density at radius 3 is 2.74 bits per heavy atom. The van der Waals surface area contributed by atoms with E-state index in [2.05, 4.69) is 10.6 Å². The molecule has 124 valence electrons. The maximum Gasteiger partial charge on any atom is 0.319 e. The van der Waals surface area contributed by atoms with Gasteiger partial charge in [-0.3, -0.25) is 4.79 Å². The number of aryl methyl sites for hydroxylation is 3. The van der Waals surface area contributed by atoms with Crippen molar-refractivity contribution in [1.29, 1.82) is 0 Å². The van der Waals surface area contributed by atoms with Gasteiger partial charge in [-0.15, -0.1) is 0 Å². The zero-order valence-electron chi connectivity index (χ0n) is 13.6. The van der Waals surface area contributed by atoms with E-state index >= 15 is 0 Å². The average molecular weight is 319 g/mol. The summed E-state index contributed by atoms with van der Waals surface area (Å²) in [6, 6.07) is 4.35. The molecule has 0 fully saturated rings. The van der Waals surface area contributed by atoms with Crippen LogP contribution < -0.4 is 16.2 Å². The van der Waals surface area contributed by atoms with Crippen molar-refractivity contribution in [3.8, 4) is 0 Å². The lowest BCUT2D eigenvalue weighted by molar-refractivity contribution is 0.0584. The smallest absolute Gasteiger partial charge is 0.319 e. The third kappa shape index (κ3) is 3.81. The minimum atomic E-state index is -1.28. The van der Waals surface area contributed by atoms with Gasteiger partial charge >= 0.3 is 6.03 Å². The van der Waals surface area contributed by atoms with Crippen LogP contribution in [0.4, 0.5) is 10.5 Å². The highest BCUT2D eigenvalue weighted by Crippen LogP contribution is 2.26. The number of furan rings is 1. The van der Waals surface area contributed by atoms with Crippen molar-refractivity contribution < 1.29 is 14.3 Å². The van der Waals surface area contributed by atoms with Crippen molar-refractivity contribution in [2.45, 2.75) is 26.4 Å². The summed E-state index contributed by atoms with van der Waals surface area (Å²) in [6.07, 6.45) is 1.60. The number of amides is 2. The molecule has 2 aromatic rings. The second-order valence-electron chi connectivity index (χ2n) is 5.75. The van der Waals surface area contributed by atoms with Gasteiger partial charge in [0.25, 0.3) is 5.56 Å². The Hall–Kier alpha value is -2.54. The Balaban J connectivity index is 2.02. The minimum absolute atomic E-state index is 0.0220. The van der Waals surface area contributed by atoms with Crippen LogP contribution in [0.3, 0.4) is 0 Å². The molecular formula is C16H21N3O4. The number of hydrogen-bond donors (Lipinski definition) is 3. The predicted molar refractivity (Wildman–Crippen MR) is 86.5 cm³/mol. The molecule has 0 aliphatic carbocycles. The summed E-state index contributed by atoms with van der Waals surface area (Å²) in [5, 5.41) is 15.6. The fourth-order valence-corrected chi connectivity index (χ4v) is 2.37. The molecule has 1 atom stereocenters. The molecule has 0 bridgehead atoms. The van der Waals surface area contributed by atoms with Gasteiger partial charge in [0.15, 0.2) is 0 Å². The summed E-state index contributed by atoms with van der Waals surface area (Å²) in [5.41, 5.74) is -0.801. The van der Waals surface area contributed by atoms with Crippen LogP contribution in [0.2, 0.25) is 0 Å². The van der Waals surface area contributed by atoms with Crippen molar-refractivity contribution in [3.63, 3.8) is 0 Å². The summed E-state index contributed by atoms with van der Waals surface area (Å²) < 4.78 is 6.76. The number of nitrogens with one attached hydrogen (secondary N) is 2. The molecule has 0 radical (unpaired) electrons. The number of urea groups is 1. The molecule has 1 unspecified atom stereocenters. The third-order valence-electron chi connectivity index (χ3n) is 3.59. The van der Waals surface area contributed by atoms with Crippen molar-refractivity contribution in [3.05, 3.63) is 51.8 Å². The Morgan fingerprint density at radius 2 is 2.13 bits per heavy atom. The number of carbonyl (C=O) groups excluding carboxylic acids is 1. The standard InChI is InChI=1S/C16H21N3O4/c1-10-8-12(11(2)23-10)16(3,22)9-17-15(21)18-13-6-5-7-19(4)14(13)20/h5-8,22H,9H2,1-4H3,(H2,17,18,21). The highest BCUT2D eigenvalue weighted by molar-refractivity contribution is 5.89. The summed E-state index contributed by atoms with van der Waals surface area (Å²) in [6.45, 7) is 5.11. The van der Waals surface area contributed by atoms with E-state index in [9.17, 15) is 14.7 Å². The first-order valence-electron chi connectivity index (χ1n) is 7.21. The first-order valence-corrected chi connectivity index (χ1v) is 7.21. The van der Waals surface area contributed by atoms with Gasteiger partial charge in [-0.25, -0.2) is 4.79 Å². The molecule has 0 aliphatic rings. The first kappa shape index (κ1) is 16.8.